The van der Waals surface area contributed by atoms with E-state index >= 15 is 0 Å². The molecule has 0 spiro atoms. The Morgan fingerprint density at radius 2 is 0.956 bits per heavy atom. The minimum Gasteiger partial charge on any atom is -0.365 e. The number of nitrogens with zero attached hydrogens (tertiary/aromatic N) is 6. The van der Waals surface area contributed by atoms with Crippen LogP contribution in [0, 0.1) is 0 Å². The lowest BCUT2D eigenvalue weighted by Crippen LogP contribution is -2.17. The molecular weight excluding hydrogens is 962 g/mol. The number of rotatable bonds is 13. The summed E-state index contributed by atoms with van der Waals surface area (Å²) in [4.78, 5) is 59.9. The quantitative estimate of drug-likeness (QED) is 0.0634. The zero-order valence-corrected chi connectivity index (χ0v) is 39.5. The van der Waals surface area contributed by atoms with E-state index in [1.165, 1.54) is 6.20 Å². The molecule has 13 nitrogen and oxygen atoms in total. The Kier molecular flexibility index (Phi) is 17.6. The molecule has 9 rings (SSSR count). The molecule has 0 radical (unpaired) electrons. The van der Waals surface area contributed by atoms with Crippen molar-refractivity contribution in [1.82, 2.24) is 35.2 Å². The average molecular weight is 1000 g/mol. The maximum absolute atomic E-state index is 11.7. The van der Waals surface area contributed by atoms with Gasteiger partial charge in [-0.05, 0) is 70.4 Å². The van der Waals surface area contributed by atoms with E-state index in [4.69, 9.17) is 46.4 Å². The molecule has 68 heavy (non-hydrogen) atoms. The summed E-state index contributed by atoms with van der Waals surface area (Å²) in [5.74, 6) is 1.53. The fourth-order valence-corrected chi connectivity index (χ4v) is 7.66. The molecule has 1 aliphatic rings. The summed E-state index contributed by atoms with van der Waals surface area (Å²) in [7, 11) is 0. The van der Waals surface area contributed by atoms with Crippen molar-refractivity contribution in [3.63, 3.8) is 0 Å². The first-order valence-corrected chi connectivity index (χ1v) is 22.9. The van der Waals surface area contributed by atoms with Gasteiger partial charge in [0.1, 0.15) is 28.9 Å². The number of hydrogen-bond donors (Lipinski definition) is 4. The fraction of sp³-hybridized carbons (Fsp3) is 0.0600. The SMILES string of the molecule is Clc1cncc(NCc2ccccc2Cl)n1.O=C1NC(=O)/C(=C/c2cccc(-c3cncc(NCc4ccccc4Cl)n3)c2)S1.O=Cc1cccc(-c2cncc(NCc3ccccc3Cl)n2)c1. The summed E-state index contributed by atoms with van der Waals surface area (Å²) in [6, 6.07) is 37.7. The van der Waals surface area contributed by atoms with E-state index in [9.17, 15) is 14.4 Å². The standard InChI is InChI=1S/C21H15ClN4O2S.C18H14ClN3O.C11H9Cl2N3/c22-16-7-2-1-5-15(16)10-24-19-12-23-11-17(25-19)14-6-3-4-13(8-14)9-18-20(27)26-21(28)29-18;19-16-7-2-1-5-15(16)9-21-18-11-20-10-17(22-18)14-6-3-4-13(8-14)12-23;12-9-4-2-1-3-8(9)5-15-11-7-14-6-10(13)16-11/h1-9,11-12H,10H2,(H,24,25)(H,26,27,28);1-8,10-12H,9H2,(H,21,22);1-4,6-7H,5H2,(H,15,16)/b18-9-;;. The molecule has 4 heterocycles. The minimum absolute atomic E-state index is 0.361. The van der Waals surface area contributed by atoms with Crippen LogP contribution in [-0.4, -0.2) is 47.3 Å². The van der Waals surface area contributed by atoms with E-state index in [-0.39, 0.29) is 11.1 Å². The molecule has 2 amide bonds. The van der Waals surface area contributed by atoms with E-state index in [1.807, 2.05) is 109 Å². The molecule has 4 N–H and O–H groups in total. The van der Waals surface area contributed by atoms with Crippen molar-refractivity contribution in [2.24, 2.45) is 0 Å². The summed E-state index contributed by atoms with van der Waals surface area (Å²) in [5, 5.41) is 13.9. The number of halogens is 4. The lowest BCUT2D eigenvalue weighted by molar-refractivity contribution is -0.115. The number of nitrogens with one attached hydrogen (secondary N) is 4. The molecule has 1 fully saturated rings. The van der Waals surface area contributed by atoms with Crippen molar-refractivity contribution in [3.05, 3.63) is 211 Å². The smallest absolute Gasteiger partial charge is 0.290 e. The number of benzene rings is 5. The Morgan fingerprint density at radius 1 is 0.515 bits per heavy atom. The molecule has 0 unspecified atom stereocenters. The third-order valence-corrected chi connectivity index (χ3v) is 11.7. The molecule has 0 aliphatic carbocycles. The summed E-state index contributed by atoms with van der Waals surface area (Å²) < 4.78 is 0. The van der Waals surface area contributed by atoms with Gasteiger partial charge >= 0.3 is 0 Å². The van der Waals surface area contributed by atoms with Gasteiger partial charge in [0.15, 0.2) is 0 Å². The van der Waals surface area contributed by atoms with Crippen LogP contribution < -0.4 is 21.3 Å². The molecule has 0 atom stereocenters. The molecule has 3 aromatic heterocycles. The van der Waals surface area contributed by atoms with Gasteiger partial charge in [0, 0.05) is 51.4 Å². The number of hydrogen-bond acceptors (Lipinski definition) is 13. The Morgan fingerprint density at radius 3 is 1.40 bits per heavy atom. The van der Waals surface area contributed by atoms with Crippen LogP contribution in [0.25, 0.3) is 28.6 Å². The van der Waals surface area contributed by atoms with Gasteiger partial charge in [-0.2, -0.15) is 0 Å². The van der Waals surface area contributed by atoms with Gasteiger partial charge in [0.25, 0.3) is 11.1 Å². The van der Waals surface area contributed by atoms with Crippen LogP contribution >= 0.6 is 58.2 Å². The zero-order chi connectivity index (χ0) is 47.7. The van der Waals surface area contributed by atoms with Crippen LogP contribution in [0.4, 0.5) is 22.2 Å². The summed E-state index contributed by atoms with van der Waals surface area (Å²) >= 11 is 25.0. The highest BCUT2D eigenvalue weighted by Gasteiger charge is 2.25. The van der Waals surface area contributed by atoms with Gasteiger partial charge in [0.05, 0.1) is 53.5 Å². The molecule has 0 saturated carbocycles. The van der Waals surface area contributed by atoms with Crippen molar-refractivity contribution in [1.29, 1.82) is 0 Å². The minimum atomic E-state index is -0.379. The number of aromatic nitrogens is 6. The number of thioether (sulfide) groups is 1. The van der Waals surface area contributed by atoms with Crippen molar-refractivity contribution in [3.8, 4) is 22.5 Å². The van der Waals surface area contributed by atoms with Crippen molar-refractivity contribution >= 4 is 99.1 Å². The lowest BCUT2D eigenvalue weighted by atomic mass is 10.1. The largest absolute Gasteiger partial charge is 0.365 e. The van der Waals surface area contributed by atoms with Crippen LogP contribution in [0.15, 0.2) is 163 Å². The second kappa shape index (κ2) is 24.5. The van der Waals surface area contributed by atoms with E-state index in [0.717, 1.165) is 56.5 Å². The first-order valence-electron chi connectivity index (χ1n) is 20.5. The molecule has 1 aliphatic heterocycles. The van der Waals surface area contributed by atoms with Gasteiger partial charge in [-0.1, -0.05) is 137 Å². The van der Waals surface area contributed by atoms with Crippen LogP contribution in [-0.2, 0) is 24.4 Å². The van der Waals surface area contributed by atoms with Gasteiger partial charge < -0.3 is 16.0 Å². The van der Waals surface area contributed by atoms with E-state index < -0.39 is 0 Å². The summed E-state index contributed by atoms with van der Waals surface area (Å²) in [6.45, 7) is 1.69. The average Bonchev–Trinajstić information content (AvgIpc) is 3.68. The van der Waals surface area contributed by atoms with Gasteiger partial charge in [-0.15, -0.1) is 0 Å². The van der Waals surface area contributed by atoms with E-state index in [2.05, 4.69) is 51.2 Å². The molecule has 5 aromatic carbocycles. The number of aldehydes is 1. The van der Waals surface area contributed by atoms with Crippen LogP contribution in [0.1, 0.15) is 32.6 Å². The first-order chi connectivity index (χ1) is 33.1. The topological polar surface area (TPSA) is 177 Å². The highest BCUT2D eigenvalue weighted by molar-refractivity contribution is 8.18. The van der Waals surface area contributed by atoms with Gasteiger partial charge in [-0.3, -0.25) is 34.7 Å². The Bertz CT molecular complexity index is 3090. The van der Waals surface area contributed by atoms with Crippen LogP contribution in [0.5, 0.6) is 0 Å². The Hall–Kier alpha value is -7.20. The summed E-state index contributed by atoms with van der Waals surface area (Å²) in [5.41, 5.74) is 7.47. The predicted octanol–water partition coefficient (Wildman–Crippen LogP) is 12.4. The van der Waals surface area contributed by atoms with Crippen LogP contribution in [0.2, 0.25) is 20.2 Å². The third kappa shape index (κ3) is 14.4. The Balaban J connectivity index is 0.000000158. The van der Waals surface area contributed by atoms with E-state index in [1.54, 1.807) is 49.2 Å². The highest BCUT2D eigenvalue weighted by Crippen LogP contribution is 2.28. The molecule has 0 bridgehead atoms. The predicted molar refractivity (Wildman–Crippen MR) is 273 cm³/mol. The first kappa shape index (κ1) is 48.7. The number of anilines is 3. The Labute approximate surface area is 415 Å². The highest BCUT2D eigenvalue weighted by atomic mass is 35.5. The van der Waals surface area contributed by atoms with Gasteiger partial charge in [0.2, 0.25) is 0 Å². The lowest BCUT2D eigenvalue weighted by Gasteiger charge is -2.09. The summed E-state index contributed by atoms with van der Waals surface area (Å²) in [6.07, 6.45) is 12.3. The maximum Gasteiger partial charge on any atom is 0.290 e. The van der Waals surface area contributed by atoms with Gasteiger partial charge in [-0.25, -0.2) is 15.0 Å². The van der Waals surface area contributed by atoms with Crippen molar-refractivity contribution in [2.45, 2.75) is 19.6 Å². The maximum atomic E-state index is 11.7. The number of imide groups is 1. The second-order valence-corrected chi connectivity index (χ2v) is 17.0. The number of carbonyl (C=O) groups is 3. The second-order valence-electron chi connectivity index (χ2n) is 14.4. The molecule has 18 heteroatoms. The van der Waals surface area contributed by atoms with Crippen molar-refractivity contribution in [2.75, 3.05) is 16.0 Å². The van der Waals surface area contributed by atoms with E-state index in [0.29, 0.717) is 74.1 Å². The number of amides is 2. The van der Waals surface area contributed by atoms with Crippen LogP contribution in [0.3, 0.4) is 0 Å². The van der Waals surface area contributed by atoms with Crippen molar-refractivity contribution < 1.29 is 14.4 Å². The zero-order valence-electron chi connectivity index (χ0n) is 35.6. The number of carbonyl (C=O) groups excluding carboxylic acids is 3. The molecular formula is C50H38Cl4N10O3S. The monoisotopic (exact) mass is 998 g/mol. The molecule has 8 aromatic rings. The third-order valence-electron chi connectivity index (χ3n) is 9.57. The molecule has 340 valence electrons. The fourth-order valence-electron chi connectivity index (χ4n) is 6.22. The molecule has 1 saturated heterocycles. The normalized spacial score (nSPS) is 12.2.